The number of hydrogen-bond donors (Lipinski definition) is 0. The van der Waals surface area contributed by atoms with Crippen LogP contribution in [0, 0.1) is 0 Å². The first kappa shape index (κ1) is 22.8. The molecular weight excluding hydrogens is 444 g/mol. The van der Waals surface area contributed by atoms with Gasteiger partial charge in [0, 0.05) is 12.5 Å². The average Bonchev–Trinajstić information content (AvgIpc) is 3.13. The summed E-state index contributed by atoms with van der Waals surface area (Å²) in [6.07, 6.45) is 4.06. The second kappa shape index (κ2) is 10.1. The number of rotatable bonds is 7. The van der Waals surface area contributed by atoms with Gasteiger partial charge in [-0.15, -0.1) is 0 Å². The number of aryl methyl sites for hydroxylation is 1. The SMILES string of the molecule is CCCc1cc2c(=O)c(-c3ccc4c(c3)OCCCO4)coc2cc1OCc1ccc(OC)cc1. The second-order valence-corrected chi connectivity index (χ2v) is 8.53. The molecule has 0 atom stereocenters. The van der Waals surface area contributed by atoms with Crippen molar-refractivity contribution in [3.63, 3.8) is 0 Å². The average molecular weight is 473 g/mol. The van der Waals surface area contributed by atoms with Gasteiger partial charge in [0.15, 0.2) is 11.5 Å². The number of benzene rings is 3. The van der Waals surface area contributed by atoms with Crippen molar-refractivity contribution in [3.05, 3.63) is 82.2 Å². The Labute approximate surface area is 204 Å². The van der Waals surface area contributed by atoms with Gasteiger partial charge in [-0.05, 0) is 53.4 Å². The van der Waals surface area contributed by atoms with Crippen molar-refractivity contribution in [2.45, 2.75) is 32.8 Å². The van der Waals surface area contributed by atoms with Gasteiger partial charge in [0.05, 0.1) is 31.3 Å². The first-order valence-electron chi connectivity index (χ1n) is 11.9. The van der Waals surface area contributed by atoms with Crippen molar-refractivity contribution < 1.29 is 23.4 Å². The molecule has 180 valence electrons. The minimum Gasteiger partial charge on any atom is -0.497 e. The fraction of sp³-hybridized carbons (Fsp3) is 0.276. The lowest BCUT2D eigenvalue weighted by molar-refractivity contribution is 0.297. The fourth-order valence-corrected chi connectivity index (χ4v) is 4.21. The van der Waals surface area contributed by atoms with Gasteiger partial charge in [-0.2, -0.15) is 0 Å². The van der Waals surface area contributed by atoms with E-state index in [4.69, 9.17) is 23.4 Å². The lowest BCUT2D eigenvalue weighted by Crippen LogP contribution is -2.07. The van der Waals surface area contributed by atoms with Crippen LogP contribution in [0.2, 0.25) is 0 Å². The fourth-order valence-electron chi connectivity index (χ4n) is 4.21. The highest BCUT2D eigenvalue weighted by Gasteiger charge is 2.17. The summed E-state index contributed by atoms with van der Waals surface area (Å²) >= 11 is 0. The van der Waals surface area contributed by atoms with E-state index in [0.717, 1.165) is 47.5 Å². The Bertz CT molecular complexity index is 1390. The van der Waals surface area contributed by atoms with Crippen LogP contribution in [0.5, 0.6) is 23.0 Å². The molecule has 5 rings (SSSR count). The molecule has 0 N–H and O–H groups in total. The molecule has 0 aliphatic carbocycles. The number of hydrogen-bond acceptors (Lipinski definition) is 6. The second-order valence-electron chi connectivity index (χ2n) is 8.53. The van der Waals surface area contributed by atoms with E-state index in [1.165, 1.54) is 6.26 Å². The zero-order valence-electron chi connectivity index (χ0n) is 20.0. The molecule has 0 saturated carbocycles. The zero-order chi connectivity index (χ0) is 24.2. The minimum atomic E-state index is -0.0835. The summed E-state index contributed by atoms with van der Waals surface area (Å²) in [4.78, 5) is 13.5. The van der Waals surface area contributed by atoms with Crippen LogP contribution in [0.4, 0.5) is 0 Å². The van der Waals surface area contributed by atoms with Gasteiger partial charge < -0.3 is 23.4 Å². The normalized spacial score (nSPS) is 12.9. The van der Waals surface area contributed by atoms with E-state index >= 15 is 0 Å². The summed E-state index contributed by atoms with van der Waals surface area (Å²) in [5.74, 6) is 2.87. The summed E-state index contributed by atoms with van der Waals surface area (Å²) in [6, 6.07) is 17.0. The largest absolute Gasteiger partial charge is 0.497 e. The Morgan fingerprint density at radius 1 is 0.943 bits per heavy atom. The van der Waals surface area contributed by atoms with Crippen LogP contribution in [0.3, 0.4) is 0 Å². The quantitative estimate of drug-likeness (QED) is 0.321. The van der Waals surface area contributed by atoms with Gasteiger partial charge in [-0.3, -0.25) is 4.79 Å². The van der Waals surface area contributed by atoms with Crippen LogP contribution in [-0.2, 0) is 13.0 Å². The van der Waals surface area contributed by atoms with Crippen molar-refractivity contribution in [1.82, 2.24) is 0 Å². The van der Waals surface area contributed by atoms with Crippen molar-refractivity contribution >= 4 is 11.0 Å². The molecule has 0 saturated heterocycles. The highest BCUT2D eigenvalue weighted by Crippen LogP contribution is 2.34. The van der Waals surface area contributed by atoms with Crippen LogP contribution < -0.4 is 24.4 Å². The maximum Gasteiger partial charge on any atom is 0.200 e. The topological polar surface area (TPSA) is 67.1 Å². The molecular formula is C29H28O6. The maximum atomic E-state index is 13.5. The molecule has 0 fully saturated rings. The third-order valence-corrected chi connectivity index (χ3v) is 6.09. The summed E-state index contributed by atoms with van der Waals surface area (Å²) in [7, 11) is 1.64. The molecule has 3 aromatic carbocycles. The van der Waals surface area contributed by atoms with Crippen molar-refractivity contribution in [2.75, 3.05) is 20.3 Å². The number of methoxy groups -OCH3 is 1. The van der Waals surface area contributed by atoms with Crippen LogP contribution in [0.1, 0.15) is 30.9 Å². The van der Waals surface area contributed by atoms with Gasteiger partial charge in [0.1, 0.15) is 30.0 Å². The Morgan fingerprint density at radius 3 is 2.51 bits per heavy atom. The molecule has 0 amide bonds. The number of fused-ring (bicyclic) bond motifs is 2. The van der Waals surface area contributed by atoms with Gasteiger partial charge in [-0.25, -0.2) is 0 Å². The Kier molecular flexibility index (Phi) is 6.62. The van der Waals surface area contributed by atoms with Crippen molar-refractivity contribution in [3.8, 4) is 34.1 Å². The monoisotopic (exact) mass is 472 g/mol. The molecule has 2 heterocycles. The van der Waals surface area contributed by atoms with Crippen molar-refractivity contribution in [1.29, 1.82) is 0 Å². The lowest BCUT2D eigenvalue weighted by atomic mass is 10.0. The Hall–Kier alpha value is -3.93. The van der Waals surface area contributed by atoms with Gasteiger partial charge in [0.25, 0.3) is 0 Å². The van der Waals surface area contributed by atoms with E-state index in [1.807, 2.05) is 54.6 Å². The molecule has 0 unspecified atom stereocenters. The standard InChI is InChI=1S/C29H28O6/c1-3-5-21-14-23-27(16-26(21)34-17-19-6-9-22(31-2)10-7-19)35-18-24(29(23)30)20-8-11-25-28(15-20)33-13-4-12-32-25/h6-11,14-16,18H,3-5,12-13,17H2,1-2H3. The van der Waals surface area contributed by atoms with Crippen molar-refractivity contribution in [2.24, 2.45) is 0 Å². The number of ether oxygens (including phenoxy) is 4. The third-order valence-electron chi connectivity index (χ3n) is 6.09. The van der Waals surface area contributed by atoms with E-state index in [9.17, 15) is 4.79 Å². The van der Waals surface area contributed by atoms with E-state index < -0.39 is 0 Å². The molecule has 0 radical (unpaired) electrons. The first-order chi connectivity index (χ1) is 17.2. The van der Waals surface area contributed by atoms with Crippen LogP contribution in [-0.4, -0.2) is 20.3 Å². The smallest absolute Gasteiger partial charge is 0.200 e. The van der Waals surface area contributed by atoms with E-state index in [2.05, 4.69) is 6.92 Å². The predicted molar refractivity (Wildman–Crippen MR) is 135 cm³/mol. The van der Waals surface area contributed by atoms with E-state index in [-0.39, 0.29) is 5.43 Å². The summed E-state index contributed by atoms with van der Waals surface area (Å²) in [5, 5.41) is 0.537. The summed E-state index contributed by atoms with van der Waals surface area (Å²) in [5.41, 5.74) is 3.65. The highest BCUT2D eigenvalue weighted by molar-refractivity contribution is 5.84. The van der Waals surface area contributed by atoms with E-state index in [0.29, 0.717) is 47.9 Å². The predicted octanol–water partition coefficient (Wildman–Crippen LogP) is 6.16. The summed E-state index contributed by atoms with van der Waals surface area (Å²) < 4.78 is 28.8. The first-order valence-corrected chi connectivity index (χ1v) is 11.9. The summed E-state index contributed by atoms with van der Waals surface area (Å²) in [6.45, 7) is 3.72. The van der Waals surface area contributed by atoms with Crippen LogP contribution in [0.25, 0.3) is 22.1 Å². The van der Waals surface area contributed by atoms with Gasteiger partial charge in [0.2, 0.25) is 5.43 Å². The van der Waals surface area contributed by atoms with E-state index in [1.54, 1.807) is 7.11 Å². The minimum absolute atomic E-state index is 0.0835. The molecule has 1 aliphatic heterocycles. The molecule has 35 heavy (non-hydrogen) atoms. The van der Waals surface area contributed by atoms with Crippen LogP contribution >= 0.6 is 0 Å². The zero-order valence-corrected chi connectivity index (χ0v) is 20.0. The highest BCUT2D eigenvalue weighted by atomic mass is 16.5. The molecule has 6 heteroatoms. The molecule has 1 aliphatic rings. The maximum absolute atomic E-state index is 13.5. The molecule has 1 aromatic heterocycles. The van der Waals surface area contributed by atoms with Gasteiger partial charge in [-0.1, -0.05) is 31.5 Å². The third kappa shape index (κ3) is 4.83. The Morgan fingerprint density at radius 2 is 1.74 bits per heavy atom. The van der Waals surface area contributed by atoms with Gasteiger partial charge >= 0.3 is 0 Å². The molecule has 0 spiro atoms. The molecule has 0 bridgehead atoms. The van der Waals surface area contributed by atoms with Crippen LogP contribution in [0.15, 0.2) is 70.1 Å². The Balaban J connectivity index is 1.48. The molecule has 4 aromatic rings. The molecule has 6 nitrogen and oxygen atoms in total. The lowest BCUT2D eigenvalue weighted by Gasteiger charge is -2.13.